The van der Waals surface area contributed by atoms with Gasteiger partial charge >= 0.3 is 0 Å². The summed E-state index contributed by atoms with van der Waals surface area (Å²) in [6.45, 7) is 5.59. The zero-order valence-corrected chi connectivity index (χ0v) is 11.8. The van der Waals surface area contributed by atoms with Crippen molar-refractivity contribution in [2.24, 2.45) is 5.92 Å². The van der Waals surface area contributed by atoms with E-state index in [-0.39, 0.29) is 17.6 Å². The van der Waals surface area contributed by atoms with Gasteiger partial charge in [-0.05, 0) is 31.2 Å². The van der Waals surface area contributed by atoms with Crippen LogP contribution in [0, 0.1) is 18.7 Å². The van der Waals surface area contributed by atoms with Crippen molar-refractivity contribution in [2.75, 3.05) is 5.32 Å². The van der Waals surface area contributed by atoms with Gasteiger partial charge in [-0.1, -0.05) is 13.8 Å². The maximum absolute atomic E-state index is 12.9. The van der Waals surface area contributed by atoms with Gasteiger partial charge in [0.25, 0.3) is 0 Å². The van der Waals surface area contributed by atoms with E-state index in [0.29, 0.717) is 5.13 Å². The minimum Gasteiger partial charge on any atom is -0.302 e. The summed E-state index contributed by atoms with van der Waals surface area (Å²) < 4.78 is 12.9. The number of benzene rings is 1. The molecule has 0 unspecified atom stereocenters. The molecular formula is C14H15FN2OS. The molecule has 0 aliphatic rings. The molecule has 1 aromatic heterocycles. The smallest absolute Gasteiger partial charge is 0.228 e. The van der Waals surface area contributed by atoms with Crippen LogP contribution in [0.2, 0.25) is 0 Å². The molecule has 0 spiro atoms. The van der Waals surface area contributed by atoms with Crippen molar-refractivity contribution in [3.63, 3.8) is 0 Å². The zero-order valence-electron chi connectivity index (χ0n) is 11.0. The van der Waals surface area contributed by atoms with Crippen molar-refractivity contribution in [3.8, 4) is 11.3 Å². The number of hydrogen-bond acceptors (Lipinski definition) is 3. The second kappa shape index (κ2) is 5.48. The number of nitrogens with one attached hydrogen (secondary N) is 1. The van der Waals surface area contributed by atoms with E-state index >= 15 is 0 Å². The Labute approximate surface area is 115 Å². The summed E-state index contributed by atoms with van der Waals surface area (Å²) in [4.78, 5) is 17.0. The molecule has 19 heavy (non-hydrogen) atoms. The monoisotopic (exact) mass is 278 g/mol. The van der Waals surface area contributed by atoms with E-state index in [9.17, 15) is 9.18 Å². The molecule has 0 radical (unpaired) electrons. The number of aryl methyl sites for hydroxylation is 1. The van der Waals surface area contributed by atoms with Crippen LogP contribution in [0.15, 0.2) is 24.3 Å². The lowest BCUT2D eigenvalue weighted by atomic mass is 10.1. The number of nitrogens with zero attached hydrogens (tertiary/aromatic N) is 1. The van der Waals surface area contributed by atoms with E-state index in [0.717, 1.165) is 16.1 Å². The van der Waals surface area contributed by atoms with Crippen molar-refractivity contribution < 1.29 is 9.18 Å². The van der Waals surface area contributed by atoms with Crippen molar-refractivity contribution in [1.29, 1.82) is 0 Å². The van der Waals surface area contributed by atoms with Crippen LogP contribution in [0.5, 0.6) is 0 Å². The summed E-state index contributed by atoms with van der Waals surface area (Å²) in [5, 5.41) is 3.36. The quantitative estimate of drug-likeness (QED) is 0.926. The average molecular weight is 278 g/mol. The molecule has 0 aliphatic heterocycles. The average Bonchev–Trinajstić information content (AvgIpc) is 2.71. The highest BCUT2D eigenvalue weighted by molar-refractivity contribution is 7.16. The third-order valence-corrected chi connectivity index (χ3v) is 3.55. The highest BCUT2D eigenvalue weighted by Gasteiger charge is 2.13. The summed E-state index contributed by atoms with van der Waals surface area (Å²) in [6, 6.07) is 6.18. The minimum atomic E-state index is -0.273. The fraction of sp³-hybridized carbons (Fsp3) is 0.286. The number of anilines is 1. The van der Waals surface area contributed by atoms with Gasteiger partial charge < -0.3 is 5.32 Å². The van der Waals surface area contributed by atoms with Crippen LogP contribution < -0.4 is 5.32 Å². The lowest BCUT2D eigenvalue weighted by molar-refractivity contribution is -0.118. The number of halogens is 1. The highest BCUT2D eigenvalue weighted by Crippen LogP contribution is 2.30. The van der Waals surface area contributed by atoms with E-state index in [4.69, 9.17) is 0 Å². The van der Waals surface area contributed by atoms with Crippen molar-refractivity contribution in [2.45, 2.75) is 20.8 Å². The summed E-state index contributed by atoms with van der Waals surface area (Å²) in [7, 11) is 0. The number of aromatic nitrogens is 1. The lowest BCUT2D eigenvalue weighted by Gasteiger charge is -2.03. The molecule has 1 heterocycles. The largest absolute Gasteiger partial charge is 0.302 e. The van der Waals surface area contributed by atoms with Gasteiger partial charge in [-0.15, -0.1) is 11.3 Å². The highest BCUT2D eigenvalue weighted by atomic mass is 32.1. The molecule has 0 saturated heterocycles. The molecule has 1 aromatic carbocycles. The summed E-state index contributed by atoms with van der Waals surface area (Å²) >= 11 is 1.42. The molecular weight excluding hydrogens is 263 g/mol. The van der Waals surface area contributed by atoms with Crippen LogP contribution in [0.1, 0.15) is 18.7 Å². The number of carbonyl (C=O) groups is 1. The zero-order chi connectivity index (χ0) is 14.0. The van der Waals surface area contributed by atoms with Crippen molar-refractivity contribution in [1.82, 2.24) is 4.98 Å². The molecule has 0 bridgehead atoms. The Balaban J connectivity index is 2.26. The molecule has 0 fully saturated rings. The van der Waals surface area contributed by atoms with Gasteiger partial charge in [0, 0.05) is 16.4 Å². The number of rotatable bonds is 3. The van der Waals surface area contributed by atoms with Crippen molar-refractivity contribution >= 4 is 22.4 Å². The Morgan fingerprint density at radius 3 is 2.53 bits per heavy atom. The Morgan fingerprint density at radius 1 is 1.32 bits per heavy atom. The number of carbonyl (C=O) groups excluding carboxylic acids is 1. The van der Waals surface area contributed by atoms with Crippen LogP contribution in [0.25, 0.3) is 11.3 Å². The standard InChI is InChI=1S/C14H15FN2OS/c1-8(2)13(18)17-14-16-12(9(3)19-14)10-4-6-11(15)7-5-10/h4-8H,1-3H3,(H,16,17,18). The van der Waals surface area contributed by atoms with Gasteiger partial charge in [0.15, 0.2) is 5.13 Å². The van der Waals surface area contributed by atoms with E-state index in [1.807, 2.05) is 20.8 Å². The van der Waals surface area contributed by atoms with Gasteiger partial charge in [-0.3, -0.25) is 4.79 Å². The molecule has 0 atom stereocenters. The summed E-state index contributed by atoms with van der Waals surface area (Å²) in [5.41, 5.74) is 1.63. The molecule has 3 nitrogen and oxygen atoms in total. The first-order valence-electron chi connectivity index (χ1n) is 6.01. The molecule has 0 aliphatic carbocycles. The first-order chi connectivity index (χ1) is 8.97. The van der Waals surface area contributed by atoms with Gasteiger partial charge in [-0.2, -0.15) is 0 Å². The third-order valence-electron chi connectivity index (χ3n) is 2.67. The molecule has 100 valence electrons. The molecule has 5 heteroatoms. The number of amides is 1. The molecule has 1 N–H and O–H groups in total. The van der Waals surface area contributed by atoms with Crippen LogP contribution in [0.3, 0.4) is 0 Å². The Bertz CT molecular complexity index is 590. The van der Waals surface area contributed by atoms with Gasteiger partial charge in [0.2, 0.25) is 5.91 Å². The molecule has 0 saturated carbocycles. The number of hydrogen-bond donors (Lipinski definition) is 1. The first-order valence-corrected chi connectivity index (χ1v) is 6.83. The molecule has 2 aromatic rings. The van der Waals surface area contributed by atoms with Gasteiger partial charge in [-0.25, -0.2) is 9.37 Å². The lowest BCUT2D eigenvalue weighted by Crippen LogP contribution is -2.17. The van der Waals surface area contributed by atoms with E-state index in [1.165, 1.54) is 23.5 Å². The van der Waals surface area contributed by atoms with Crippen LogP contribution >= 0.6 is 11.3 Å². The summed E-state index contributed by atoms with van der Waals surface area (Å²) in [5.74, 6) is -0.414. The Kier molecular flexibility index (Phi) is 3.95. The topological polar surface area (TPSA) is 42.0 Å². The maximum Gasteiger partial charge on any atom is 0.228 e. The van der Waals surface area contributed by atoms with E-state index in [1.54, 1.807) is 12.1 Å². The van der Waals surface area contributed by atoms with Crippen LogP contribution in [-0.4, -0.2) is 10.9 Å². The normalized spacial score (nSPS) is 10.8. The maximum atomic E-state index is 12.9. The predicted molar refractivity (Wildman–Crippen MR) is 75.7 cm³/mol. The minimum absolute atomic E-state index is 0.0561. The SMILES string of the molecule is Cc1sc(NC(=O)C(C)C)nc1-c1ccc(F)cc1. The van der Waals surface area contributed by atoms with Gasteiger partial charge in [0.05, 0.1) is 5.69 Å². The van der Waals surface area contributed by atoms with Gasteiger partial charge in [0.1, 0.15) is 5.82 Å². The van der Waals surface area contributed by atoms with E-state index < -0.39 is 0 Å². The van der Waals surface area contributed by atoms with Crippen molar-refractivity contribution in [3.05, 3.63) is 35.0 Å². The first kappa shape index (κ1) is 13.7. The second-order valence-corrected chi connectivity index (χ2v) is 5.78. The number of thiazole rings is 1. The third kappa shape index (κ3) is 3.17. The molecule has 2 rings (SSSR count). The summed E-state index contributed by atoms with van der Waals surface area (Å²) in [6.07, 6.45) is 0. The predicted octanol–water partition coefficient (Wildman–Crippen LogP) is 3.85. The Morgan fingerprint density at radius 2 is 1.95 bits per heavy atom. The van der Waals surface area contributed by atoms with Crippen LogP contribution in [0.4, 0.5) is 9.52 Å². The molecule has 1 amide bonds. The van der Waals surface area contributed by atoms with Crippen LogP contribution in [-0.2, 0) is 4.79 Å². The fourth-order valence-electron chi connectivity index (χ4n) is 1.58. The Hall–Kier alpha value is -1.75. The fourth-order valence-corrected chi connectivity index (χ4v) is 2.41. The van der Waals surface area contributed by atoms with E-state index in [2.05, 4.69) is 10.3 Å². The second-order valence-electron chi connectivity index (χ2n) is 4.57.